The Kier molecular flexibility index (Phi) is 7.94. The molecule has 1 saturated carbocycles. The molecule has 3 amide bonds. The summed E-state index contributed by atoms with van der Waals surface area (Å²) < 4.78 is 0. The monoisotopic (exact) mass is 402 g/mol. The highest BCUT2D eigenvalue weighted by molar-refractivity contribution is 5.93. The quantitative estimate of drug-likeness (QED) is 0.700. The third-order valence-corrected chi connectivity index (χ3v) is 5.18. The number of hydrogen-bond acceptors (Lipinski definition) is 3. The van der Waals surface area contributed by atoms with E-state index in [1.807, 2.05) is 62.9 Å². The van der Waals surface area contributed by atoms with Gasteiger partial charge >= 0.3 is 6.03 Å². The Bertz CT molecular complexity index is 703. The lowest BCUT2D eigenvalue weighted by atomic mass is 10.1. The first-order valence-electron chi connectivity index (χ1n) is 10.8. The standard InChI is InChI=1S/C23H38N4O2/c1-7-14-27(22(29)25-23(2,3)4)16-18-15-19(12-13-20(18)26(5)6)24-21(28)17-10-8-9-11-17/h12-13,15,17H,7-11,14,16H2,1-6H3,(H,24,28)(H,25,29). The fourth-order valence-corrected chi connectivity index (χ4v) is 3.79. The lowest BCUT2D eigenvalue weighted by molar-refractivity contribution is -0.119. The summed E-state index contributed by atoms with van der Waals surface area (Å²) >= 11 is 0. The Labute approximate surface area is 176 Å². The molecule has 1 aliphatic carbocycles. The molecule has 0 spiro atoms. The molecule has 6 nitrogen and oxygen atoms in total. The summed E-state index contributed by atoms with van der Waals surface area (Å²) in [4.78, 5) is 29.2. The molecule has 0 unspecified atom stereocenters. The number of nitrogens with one attached hydrogen (secondary N) is 2. The topological polar surface area (TPSA) is 64.7 Å². The highest BCUT2D eigenvalue weighted by Gasteiger charge is 2.24. The van der Waals surface area contributed by atoms with Crippen LogP contribution in [-0.2, 0) is 11.3 Å². The van der Waals surface area contributed by atoms with Gasteiger partial charge in [-0.15, -0.1) is 0 Å². The van der Waals surface area contributed by atoms with Crippen molar-refractivity contribution in [3.8, 4) is 0 Å². The average molecular weight is 403 g/mol. The normalized spacial score (nSPS) is 14.6. The van der Waals surface area contributed by atoms with Gasteiger partial charge < -0.3 is 20.4 Å². The molecule has 29 heavy (non-hydrogen) atoms. The molecule has 0 radical (unpaired) electrons. The fourth-order valence-electron chi connectivity index (χ4n) is 3.79. The van der Waals surface area contributed by atoms with Crippen molar-refractivity contribution in [1.29, 1.82) is 0 Å². The van der Waals surface area contributed by atoms with Gasteiger partial charge in [-0.3, -0.25) is 4.79 Å². The van der Waals surface area contributed by atoms with Crippen LogP contribution in [0, 0.1) is 5.92 Å². The zero-order valence-electron chi connectivity index (χ0n) is 19.0. The Hall–Kier alpha value is -2.24. The highest BCUT2D eigenvalue weighted by atomic mass is 16.2. The molecule has 0 aliphatic heterocycles. The van der Waals surface area contributed by atoms with E-state index in [-0.39, 0.29) is 23.4 Å². The van der Waals surface area contributed by atoms with E-state index in [0.717, 1.165) is 49.0 Å². The van der Waals surface area contributed by atoms with E-state index >= 15 is 0 Å². The zero-order chi connectivity index (χ0) is 21.6. The van der Waals surface area contributed by atoms with Gasteiger partial charge in [-0.1, -0.05) is 19.8 Å². The van der Waals surface area contributed by atoms with Crippen LogP contribution in [0.5, 0.6) is 0 Å². The predicted molar refractivity (Wildman–Crippen MR) is 120 cm³/mol. The van der Waals surface area contributed by atoms with Crippen LogP contribution in [0.3, 0.4) is 0 Å². The SMILES string of the molecule is CCCN(Cc1cc(NC(=O)C2CCCC2)ccc1N(C)C)C(=O)NC(C)(C)C. The van der Waals surface area contributed by atoms with Gasteiger partial charge in [0.1, 0.15) is 0 Å². The number of carbonyl (C=O) groups excluding carboxylic acids is 2. The second-order valence-corrected chi connectivity index (χ2v) is 9.31. The van der Waals surface area contributed by atoms with E-state index in [1.165, 1.54) is 0 Å². The molecule has 1 aromatic carbocycles. The van der Waals surface area contributed by atoms with Crippen molar-refractivity contribution in [2.24, 2.45) is 5.92 Å². The summed E-state index contributed by atoms with van der Waals surface area (Å²) in [6.07, 6.45) is 5.11. The van der Waals surface area contributed by atoms with Gasteiger partial charge in [-0.2, -0.15) is 0 Å². The molecule has 1 fully saturated rings. The number of urea groups is 1. The van der Waals surface area contributed by atoms with E-state index in [1.54, 1.807) is 0 Å². The van der Waals surface area contributed by atoms with E-state index in [2.05, 4.69) is 17.6 Å². The minimum absolute atomic E-state index is 0.0653. The van der Waals surface area contributed by atoms with Crippen molar-refractivity contribution >= 4 is 23.3 Å². The molecule has 0 atom stereocenters. The van der Waals surface area contributed by atoms with Crippen LogP contribution in [0.2, 0.25) is 0 Å². The van der Waals surface area contributed by atoms with Gasteiger partial charge in [0.25, 0.3) is 0 Å². The van der Waals surface area contributed by atoms with Gasteiger partial charge in [0, 0.05) is 50.0 Å². The fraction of sp³-hybridized carbons (Fsp3) is 0.652. The summed E-state index contributed by atoms with van der Waals surface area (Å²) in [5, 5.41) is 6.15. The molecule has 2 rings (SSSR count). The molecular weight excluding hydrogens is 364 g/mol. The molecule has 6 heteroatoms. The van der Waals surface area contributed by atoms with E-state index in [9.17, 15) is 9.59 Å². The van der Waals surface area contributed by atoms with Crippen molar-refractivity contribution in [2.45, 2.75) is 71.9 Å². The average Bonchev–Trinajstić information content (AvgIpc) is 3.14. The minimum Gasteiger partial charge on any atom is -0.377 e. The second kappa shape index (κ2) is 9.99. The van der Waals surface area contributed by atoms with Gasteiger partial charge in [-0.25, -0.2) is 4.79 Å². The molecule has 162 valence electrons. The summed E-state index contributed by atoms with van der Waals surface area (Å²) in [6, 6.07) is 5.91. The highest BCUT2D eigenvalue weighted by Crippen LogP contribution is 2.28. The predicted octanol–water partition coefficient (Wildman–Crippen LogP) is 4.60. The Morgan fingerprint density at radius 1 is 1.14 bits per heavy atom. The summed E-state index contributed by atoms with van der Waals surface area (Å²) in [5.74, 6) is 0.239. The summed E-state index contributed by atoms with van der Waals surface area (Å²) in [6.45, 7) is 9.20. The smallest absolute Gasteiger partial charge is 0.318 e. The van der Waals surface area contributed by atoms with Crippen LogP contribution in [0.1, 0.15) is 65.4 Å². The van der Waals surface area contributed by atoms with Crippen LogP contribution in [0.4, 0.5) is 16.2 Å². The van der Waals surface area contributed by atoms with Crippen molar-refractivity contribution in [2.75, 3.05) is 30.9 Å². The number of benzene rings is 1. The van der Waals surface area contributed by atoms with Crippen LogP contribution in [0.15, 0.2) is 18.2 Å². The van der Waals surface area contributed by atoms with Crippen LogP contribution < -0.4 is 15.5 Å². The van der Waals surface area contributed by atoms with E-state index < -0.39 is 0 Å². The molecule has 0 bridgehead atoms. The summed E-state index contributed by atoms with van der Waals surface area (Å²) in [5.41, 5.74) is 2.59. The van der Waals surface area contributed by atoms with Crippen molar-refractivity contribution < 1.29 is 9.59 Å². The maximum Gasteiger partial charge on any atom is 0.318 e. The molecule has 0 heterocycles. The third kappa shape index (κ3) is 6.94. The number of hydrogen-bond donors (Lipinski definition) is 2. The zero-order valence-corrected chi connectivity index (χ0v) is 19.0. The molecule has 0 saturated heterocycles. The van der Waals surface area contributed by atoms with Crippen LogP contribution >= 0.6 is 0 Å². The number of carbonyl (C=O) groups is 2. The summed E-state index contributed by atoms with van der Waals surface area (Å²) in [7, 11) is 3.99. The minimum atomic E-state index is -0.287. The molecule has 1 aromatic rings. The lowest BCUT2D eigenvalue weighted by Crippen LogP contribution is -2.48. The number of rotatable bonds is 7. The molecular formula is C23H38N4O2. The van der Waals surface area contributed by atoms with Crippen molar-refractivity contribution in [1.82, 2.24) is 10.2 Å². The second-order valence-electron chi connectivity index (χ2n) is 9.31. The van der Waals surface area contributed by atoms with Crippen LogP contribution in [0.25, 0.3) is 0 Å². The maximum absolute atomic E-state index is 12.8. The third-order valence-electron chi connectivity index (χ3n) is 5.18. The number of nitrogens with zero attached hydrogens (tertiary/aromatic N) is 2. The maximum atomic E-state index is 12.8. The Morgan fingerprint density at radius 2 is 1.79 bits per heavy atom. The Balaban J connectivity index is 2.22. The largest absolute Gasteiger partial charge is 0.377 e. The number of anilines is 2. The molecule has 2 N–H and O–H groups in total. The van der Waals surface area contributed by atoms with Gasteiger partial charge in [0.05, 0.1) is 0 Å². The Morgan fingerprint density at radius 3 is 2.34 bits per heavy atom. The van der Waals surface area contributed by atoms with Gasteiger partial charge in [0.2, 0.25) is 5.91 Å². The molecule has 1 aliphatic rings. The van der Waals surface area contributed by atoms with Crippen molar-refractivity contribution in [3.05, 3.63) is 23.8 Å². The number of amides is 3. The van der Waals surface area contributed by atoms with E-state index in [0.29, 0.717) is 13.1 Å². The first-order valence-corrected chi connectivity index (χ1v) is 10.8. The first kappa shape index (κ1) is 23.0. The van der Waals surface area contributed by atoms with Crippen molar-refractivity contribution in [3.63, 3.8) is 0 Å². The first-order chi connectivity index (χ1) is 13.6. The van der Waals surface area contributed by atoms with Gasteiger partial charge in [0.15, 0.2) is 0 Å². The molecule has 0 aromatic heterocycles. The van der Waals surface area contributed by atoms with Crippen LogP contribution in [-0.4, -0.2) is 43.0 Å². The lowest BCUT2D eigenvalue weighted by Gasteiger charge is -2.30. The van der Waals surface area contributed by atoms with Gasteiger partial charge in [-0.05, 0) is 63.8 Å². The van der Waals surface area contributed by atoms with E-state index in [4.69, 9.17) is 0 Å².